The first-order valence-electron chi connectivity index (χ1n) is 6.19. The van der Waals surface area contributed by atoms with E-state index in [-0.39, 0.29) is 0 Å². The number of nitrogens with zero attached hydrogens (tertiary/aromatic N) is 4. The maximum atomic E-state index is 8.82. The van der Waals surface area contributed by atoms with Crippen LogP contribution in [0.15, 0.2) is 12.3 Å². The van der Waals surface area contributed by atoms with E-state index in [4.69, 9.17) is 11.0 Å². The molecule has 1 aliphatic heterocycles. The second-order valence-electron chi connectivity index (χ2n) is 5.00. The average molecular weight is 245 g/mol. The zero-order valence-electron chi connectivity index (χ0n) is 10.9. The molecule has 0 aliphatic carbocycles. The van der Waals surface area contributed by atoms with E-state index in [0.29, 0.717) is 17.3 Å². The fourth-order valence-electron chi connectivity index (χ4n) is 2.50. The summed E-state index contributed by atoms with van der Waals surface area (Å²) in [5, 5.41) is 8.82. The largest absolute Gasteiger partial charge is 0.396 e. The van der Waals surface area contributed by atoms with Crippen LogP contribution in [-0.2, 0) is 0 Å². The fraction of sp³-hybridized carbons (Fsp3) is 0.538. The third-order valence-electron chi connectivity index (χ3n) is 3.25. The molecular formula is C13H19N5. The summed E-state index contributed by atoms with van der Waals surface area (Å²) < 4.78 is 0. The molecule has 5 heteroatoms. The predicted octanol–water partition coefficient (Wildman–Crippen LogP) is 1.07. The lowest BCUT2D eigenvalue weighted by Gasteiger charge is -2.28. The lowest BCUT2D eigenvalue weighted by Crippen LogP contribution is -2.38. The second-order valence-corrected chi connectivity index (χ2v) is 5.00. The molecule has 1 saturated heterocycles. The molecule has 2 N–H and O–H groups in total. The van der Waals surface area contributed by atoms with Crippen LogP contribution in [0.3, 0.4) is 0 Å². The van der Waals surface area contributed by atoms with Crippen LogP contribution in [0, 0.1) is 11.3 Å². The maximum absolute atomic E-state index is 8.82. The first kappa shape index (κ1) is 12.7. The van der Waals surface area contributed by atoms with E-state index in [1.807, 2.05) is 0 Å². The monoisotopic (exact) mass is 245 g/mol. The van der Waals surface area contributed by atoms with Gasteiger partial charge in [0, 0.05) is 25.3 Å². The Balaban J connectivity index is 2.22. The molecule has 5 nitrogen and oxygen atoms in total. The minimum absolute atomic E-state index is 0.461. The number of nitrogen functional groups attached to an aromatic ring is 1. The van der Waals surface area contributed by atoms with Gasteiger partial charge in [-0.15, -0.1) is 0 Å². The number of hydrogen-bond donors (Lipinski definition) is 1. The molecule has 18 heavy (non-hydrogen) atoms. The molecule has 1 aromatic heterocycles. The Bertz CT molecular complexity index is 463. The molecule has 96 valence electrons. The van der Waals surface area contributed by atoms with Gasteiger partial charge in [-0.1, -0.05) is 0 Å². The highest BCUT2D eigenvalue weighted by Crippen LogP contribution is 2.28. The molecule has 0 aromatic carbocycles. The summed E-state index contributed by atoms with van der Waals surface area (Å²) in [4.78, 5) is 8.79. The van der Waals surface area contributed by atoms with Crippen molar-refractivity contribution in [2.45, 2.75) is 18.9 Å². The first-order valence-corrected chi connectivity index (χ1v) is 6.19. The van der Waals surface area contributed by atoms with E-state index < -0.39 is 0 Å². The van der Waals surface area contributed by atoms with Gasteiger partial charge in [-0.3, -0.25) is 0 Å². The van der Waals surface area contributed by atoms with Gasteiger partial charge in [-0.25, -0.2) is 4.98 Å². The van der Waals surface area contributed by atoms with Gasteiger partial charge in [0.1, 0.15) is 6.07 Å². The normalized spacial score (nSPS) is 19.2. The topological polar surface area (TPSA) is 69.2 Å². The Morgan fingerprint density at radius 1 is 1.61 bits per heavy atom. The van der Waals surface area contributed by atoms with Gasteiger partial charge in [0.25, 0.3) is 0 Å². The number of hydrogen-bond acceptors (Lipinski definition) is 5. The van der Waals surface area contributed by atoms with E-state index in [1.54, 1.807) is 12.3 Å². The van der Waals surface area contributed by atoms with E-state index in [9.17, 15) is 0 Å². The third kappa shape index (κ3) is 2.54. The van der Waals surface area contributed by atoms with Gasteiger partial charge >= 0.3 is 0 Å². The summed E-state index contributed by atoms with van der Waals surface area (Å²) in [5.74, 6) is 0.818. The summed E-state index contributed by atoms with van der Waals surface area (Å²) in [7, 11) is 4.15. The van der Waals surface area contributed by atoms with Crippen molar-refractivity contribution in [3.05, 3.63) is 17.8 Å². The lowest BCUT2D eigenvalue weighted by molar-refractivity contribution is 0.371. The molecule has 1 atom stereocenters. The van der Waals surface area contributed by atoms with E-state index in [0.717, 1.165) is 18.9 Å². The highest BCUT2D eigenvalue weighted by atomic mass is 15.3. The molecule has 1 fully saturated rings. The molecule has 1 aliphatic rings. The fourth-order valence-corrected chi connectivity index (χ4v) is 2.50. The van der Waals surface area contributed by atoms with Crippen molar-refractivity contribution in [3.8, 4) is 6.07 Å². The first-order chi connectivity index (χ1) is 8.61. The van der Waals surface area contributed by atoms with Crippen molar-refractivity contribution in [1.29, 1.82) is 5.26 Å². The standard InChI is InChI=1S/C13H19N5/c1-17(2)9-11-4-3-5-18(11)13-12(15)6-10(7-14)8-16-13/h6,8,11H,3-5,9,15H2,1-2H3. The molecular weight excluding hydrogens is 226 g/mol. The number of nitriles is 1. The van der Waals surface area contributed by atoms with Crippen LogP contribution in [-0.4, -0.2) is 43.1 Å². The molecule has 1 aromatic rings. The SMILES string of the molecule is CN(C)CC1CCCN1c1ncc(C#N)cc1N. The number of anilines is 2. The summed E-state index contributed by atoms with van der Waals surface area (Å²) in [6.45, 7) is 1.99. The van der Waals surface area contributed by atoms with E-state index >= 15 is 0 Å². The van der Waals surface area contributed by atoms with Gasteiger partial charge in [0.15, 0.2) is 5.82 Å². The summed E-state index contributed by atoms with van der Waals surface area (Å²) >= 11 is 0. The maximum Gasteiger partial charge on any atom is 0.152 e. The van der Waals surface area contributed by atoms with E-state index in [1.165, 1.54) is 12.8 Å². The number of likely N-dealkylation sites (N-methyl/N-ethyl adjacent to an activating group) is 1. The Labute approximate surface area is 108 Å². The van der Waals surface area contributed by atoms with Crippen molar-refractivity contribution in [2.75, 3.05) is 37.8 Å². The number of aromatic nitrogens is 1. The highest BCUT2D eigenvalue weighted by Gasteiger charge is 2.27. The molecule has 0 saturated carbocycles. The molecule has 0 amide bonds. The Hall–Kier alpha value is -1.80. The Morgan fingerprint density at radius 2 is 2.39 bits per heavy atom. The van der Waals surface area contributed by atoms with Gasteiger partial charge < -0.3 is 15.5 Å². The minimum Gasteiger partial charge on any atom is -0.396 e. The van der Waals surface area contributed by atoms with E-state index in [2.05, 4.69) is 34.9 Å². The van der Waals surface area contributed by atoms with Crippen LogP contribution in [0.5, 0.6) is 0 Å². The molecule has 2 rings (SSSR count). The van der Waals surface area contributed by atoms with Crippen LogP contribution in [0.2, 0.25) is 0 Å². The van der Waals surface area contributed by atoms with Crippen LogP contribution >= 0.6 is 0 Å². The smallest absolute Gasteiger partial charge is 0.152 e. The van der Waals surface area contributed by atoms with Crippen molar-refractivity contribution in [1.82, 2.24) is 9.88 Å². The van der Waals surface area contributed by atoms with Crippen molar-refractivity contribution in [2.24, 2.45) is 0 Å². The molecule has 0 radical (unpaired) electrons. The van der Waals surface area contributed by atoms with Crippen molar-refractivity contribution < 1.29 is 0 Å². The lowest BCUT2D eigenvalue weighted by atomic mass is 10.2. The van der Waals surface area contributed by atoms with Crippen LogP contribution in [0.4, 0.5) is 11.5 Å². The van der Waals surface area contributed by atoms with Crippen LogP contribution < -0.4 is 10.6 Å². The predicted molar refractivity (Wildman–Crippen MR) is 72.3 cm³/mol. The Morgan fingerprint density at radius 3 is 3.00 bits per heavy atom. The van der Waals surface area contributed by atoms with Crippen LogP contribution in [0.1, 0.15) is 18.4 Å². The molecule has 0 bridgehead atoms. The van der Waals surface area contributed by atoms with Crippen molar-refractivity contribution in [3.63, 3.8) is 0 Å². The van der Waals surface area contributed by atoms with Crippen molar-refractivity contribution >= 4 is 11.5 Å². The third-order valence-corrected chi connectivity index (χ3v) is 3.25. The van der Waals surface area contributed by atoms with Gasteiger partial charge in [-0.2, -0.15) is 5.26 Å². The molecule has 2 heterocycles. The Kier molecular flexibility index (Phi) is 3.68. The summed E-state index contributed by atoms with van der Waals surface area (Å²) in [6, 6.07) is 4.22. The second kappa shape index (κ2) is 5.23. The van der Waals surface area contributed by atoms with Gasteiger partial charge in [-0.05, 0) is 33.0 Å². The summed E-state index contributed by atoms with van der Waals surface area (Å²) in [5.41, 5.74) is 7.11. The molecule has 0 spiro atoms. The quantitative estimate of drug-likeness (QED) is 0.862. The number of rotatable bonds is 3. The summed E-state index contributed by atoms with van der Waals surface area (Å²) in [6.07, 6.45) is 3.93. The van der Waals surface area contributed by atoms with Gasteiger partial charge in [0.05, 0.1) is 11.3 Å². The van der Waals surface area contributed by atoms with Gasteiger partial charge in [0.2, 0.25) is 0 Å². The number of pyridine rings is 1. The minimum atomic E-state index is 0.461. The van der Waals surface area contributed by atoms with Crippen LogP contribution in [0.25, 0.3) is 0 Å². The number of nitrogens with two attached hydrogens (primary N) is 1. The highest BCUT2D eigenvalue weighted by molar-refractivity contribution is 5.65. The average Bonchev–Trinajstić information content (AvgIpc) is 2.76. The molecule has 1 unspecified atom stereocenters. The zero-order valence-corrected chi connectivity index (χ0v) is 10.9. The zero-order chi connectivity index (χ0) is 13.1.